The zero-order valence-corrected chi connectivity index (χ0v) is 16.8. The van der Waals surface area contributed by atoms with E-state index in [2.05, 4.69) is 15.5 Å². The lowest BCUT2D eigenvalue weighted by Crippen LogP contribution is -2.43. The van der Waals surface area contributed by atoms with Gasteiger partial charge in [-0.05, 0) is 30.2 Å². The summed E-state index contributed by atoms with van der Waals surface area (Å²) in [6.07, 6.45) is 1.21. The second-order valence-corrected chi connectivity index (χ2v) is 8.89. The van der Waals surface area contributed by atoms with Crippen LogP contribution in [0.5, 0.6) is 0 Å². The standard InChI is InChI=1S/C20H27N3O3S/c1-16(23(2)19-7-5-4-6-8-19)13-21-20(24)22-14-17-9-11-18(12-10-17)15-27(3,25)26/h4-12,16H,13-15H2,1-3H3,(H2,21,22,24). The van der Waals surface area contributed by atoms with E-state index in [1.807, 2.05) is 56.4 Å². The maximum atomic E-state index is 12.0. The van der Waals surface area contributed by atoms with Crippen LogP contribution in [0.25, 0.3) is 0 Å². The summed E-state index contributed by atoms with van der Waals surface area (Å²) in [5.41, 5.74) is 2.75. The molecule has 2 rings (SSSR count). The average molecular weight is 390 g/mol. The van der Waals surface area contributed by atoms with E-state index in [-0.39, 0.29) is 17.8 Å². The van der Waals surface area contributed by atoms with Crippen LogP contribution in [-0.4, -0.2) is 40.3 Å². The molecule has 0 aliphatic heterocycles. The lowest BCUT2D eigenvalue weighted by atomic mass is 10.1. The third-order valence-corrected chi connectivity index (χ3v) is 5.15. The van der Waals surface area contributed by atoms with Gasteiger partial charge in [-0.1, -0.05) is 42.5 Å². The molecule has 0 bridgehead atoms. The van der Waals surface area contributed by atoms with Gasteiger partial charge in [-0.25, -0.2) is 13.2 Å². The number of hydrogen-bond acceptors (Lipinski definition) is 4. The molecule has 27 heavy (non-hydrogen) atoms. The van der Waals surface area contributed by atoms with E-state index >= 15 is 0 Å². The molecule has 1 unspecified atom stereocenters. The van der Waals surface area contributed by atoms with Crippen molar-refractivity contribution in [1.29, 1.82) is 0 Å². The molecule has 2 N–H and O–H groups in total. The van der Waals surface area contributed by atoms with Crippen molar-refractivity contribution in [1.82, 2.24) is 10.6 Å². The van der Waals surface area contributed by atoms with E-state index in [1.54, 1.807) is 12.1 Å². The third-order valence-electron chi connectivity index (χ3n) is 4.29. The Labute approximate surface area is 161 Å². The van der Waals surface area contributed by atoms with Crippen LogP contribution in [0.2, 0.25) is 0 Å². The smallest absolute Gasteiger partial charge is 0.315 e. The lowest BCUT2D eigenvalue weighted by Gasteiger charge is -2.27. The predicted octanol–water partition coefficient (Wildman–Crippen LogP) is 2.56. The summed E-state index contributed by atoms with van der Waals surface area (Å²) in [5.74, 6) is 0.0218. The first kappa shape index (κ1) is 20.8. The van der Waals surface area contributed by atoms with Crippen LogP contribution >= 0.6 is 0 Å². The van der Waals surface area contributed by atoms with Gasteiger partial charge in [0.25, 0.3) is 0 Å². The number of amides is 2. The Morgan fingerprint density at radius 1 is 1.00 bits per heavy atom. The topological polar surface area (TPSA) is 78.5 Å². The van der Waals surface area contributed by atoms with E-state index in [4.69, 9.17) is 0 Å². The van der Waals surface area contributed by atoms with Crippen molar-refractivity contribution in [3.05, 3.63) is 65.7 Å². The van der Waals surface area contributed by atoms with Crippen LogP contribution in [0, 0.1) is 0 Å². The molecule has 7 heteroatoms. The van der Waals surface area contributed by atoms with Crippen LogP contribution in [0.3, 0.4) is 0 Å². The molecule has 0 aliphatic carbocycles. The van der Waals surface area contributed by atoms with Gasteiger partial charge in [0, 0.05) is 38.1 Å². The number of nitrogens with zero attached hydrogens (tertiary/aromatic N) is 1. The molecule has 0 aliphatic rings. The number of para-hydroxylation sites is 1. The number of urea groups is 1. The van der Waals surface area contributed by atoms with Crippen LogP contribution in [0.15, 0.2) is 54.6 Å². The Balaban J connectivity index is 1.76. The SMILES string of the molecule is CC(CNC(=O)NCc1ccc(CS(C)(=O)=O)cc1)N(C)c1ccccc1. The van der Waals surface area contributed by atoms with Gasteiger partial charge in [-0.2, -0.15) is 0 Å². The molecule has 2 aromatic carbocycles. The molecule has 1 atom stereocenters. The fourth-order valence-corrected chi connectivity index (χ4v) is 3.39. The van der Waals surface area contributed by atoms with Crippen molar-refractivity contribution in [2.45, 2.75) is 25.3 Å². The van der Waals surface area contributed by atoms with Gasteiger partial charge in [0.15, 0.2) is 9.84 Å². The van der Waals surface area contributed by atoms with E-state index in [0.29, 0.717) is 13.1 Å². The molecule has 146 valence electrons. The lowest BCUT2D eigenvalue weighted by molar-refractivity contribution is 0.240. The van der Waals surface area contributed by atoms with Gasteiger partial charge in [0.2, 0.25) is 0 Å². The minimum atomic E-state index is -3.04. The predicted molar refractivity (Wildman–Crippen MR) is 110 cm³/mol. The van der Waals surface area contributed by atoms with Crippen molar-refractivity contribution >= 4 is 21.6 Å². The molecule has 0 radical (unpaired) electrons. The number of nitrogens with one attached hydrogen (secondary N) is 2. The summed E-state index contributed by atoms with van der Waals surface area (Å²) >= 11 is 0. The third kappa shape index (κ3) is 7.30. The molecule has 0 heterocycles. The Kier molecular flexibility index (Phi) is 7.24. The molecule has 6 nitrogen and oxygen atoms in total. The maximum Gasteiger partial charge on any atom is 0.315 e. The van der Waals surface area contributed by atoms with Crippen LogP contribution < -0.4 is 15.5 Å². The van der Waals surface area contributed by atoms with Crippen molar-refractivity contribution in [3.8, 4) is 0 Å². The van der Waals surface area contributed by atoms with Crippen LogP contribution in [-0.2, 0) is 22.1 Å². The minimum absolute atomic E-state index is 0.0218. The monoisotopic (exact) mass is 389 g/mol. The minimum Gasteiger partial charge on any atom is -0.370 e. The number of carbonyl (C=O) groups excluding carboxylic acids is 1. The van der Waals surface area contributed by atoms with E-state index in [0.717, 1.165) is 16.8 Å². The number of sulfone groups is 1. The zero-order valence-electron chi connectivity index (χ0n) is 16.0. The van der Waals surface area contributed by atoms with Crippen molar-refractivity contribution < 1.29 is 13.2 Å². The first-order chi connectivity index (χ1) is 12.7. The number of carbonyl (C=O) groups is 1. The largest absolute Gasteiger partial charge is 0.370 e. The Morgan fingerprint density at radius 3 is 2.19 bits per heavy atom. The Morgan fingerprint density at radius 2 is 1.59 bits per heavy atom. The molecular formula is C20H27N3O3S. The molecular weight excluding hydrogens is 362 g/mol. The van der Waals surface area contributed by atoms with Crippen LogP contribution in [0.4, 0.5) is 10.5 Å². The second-order valence-electron chi connectivity index (χ2n) is 6.75. The van der Waals surface area contributed by atoms with Crippen molar-refractivity contribution in [2.24, 2.45) is 0 Å². The second kappa shape index (κ2) is 9.41. The Hall–Kier alpha value is -2.54. The van der Waals surface area contributed by atoms with E-state index in [9.17, 15) is 13.2 Å². The summed E-state index contributed by atoms with van der Waals surface area (Å²) in [5, 5.41) is 5.69. The average Bonchev–Trinajstić information content (AvgIpc) is 2.64. The number of benzene rings is 2. The molecule has 2 aromatic rings. The molecule has 0 spiro atoms. The highest BCUT2D eigenvalue weighted by Crippen LogP contribution is 2.13. The molecule has 0 saturated heterocycles. The number of likely N-dealkylation sites (N-methyl/N-ethyl adjacent to an activating group) is 1. The maximum absolute atomic E-state index is 12.0. The highest BCUT2D eigenvalue weighted by atomic mass is 32.2. The molecule has 0 fully saturated rings. The zero-order chi connectivity index (χ0) is 19.9. The number of hydrogen-bond donors (Lipinski definition) is 2. The van der Waals surface area contributed by atoms with Crippen molar-refractivity contribution in [2.75, 3.05) is 24.7 Å². The van der Waals surface area contributed by atoms with Gasteiger partial charge < -0.3 is 15.5 Å². The fraction of sp³-hybridized carbons (Fsp3) is 0.350. The van der Waals surface area contributed by atoms with Gasteiger partial charge in [0.1, 0.15) is 0 Å². The highest BCUT2D eigenvalue weighted by Gasteiger charge is 2.11. The van der Waals surface area contributed by atoms with Gasteiger partial charge in [0.05, 0.1) is 5.75 Å². The van der Waals surface area contributed by atoms with Gasteiger partial charge in [-0.3, -0.25) is 0 Å². The van der Waals surface area contributed by atoms with Crippen molar-refractivity contribution in [3.63, 3.8) is 0 Å². The first-order valence-corrected chi connectivity index (χ1v) is 10.9. The molecule has 2 amide bonds. The fourth-order valence-electron chi connectivity index (χ4n) is 2.60. The summed E-state index contributed by atoms with van der Waals surface area (Å²) < 4.78 is 22.6. The number of anilines is 1. The summed E-state index contributed by atoms with van der Waals surface area (Å²) in [6, 6.07) is 17.1. The normalized spacial score (nSPS) is 12.3. The highest BCUT2D eigenvalue weighted by molar-refractivity contribution is 7.89. The van der Waals surface area contributed by atoms with Crippen LogP contribution in [0.1, 0.15) is 18.1 Å². The van der Waals surface area contributed by atoms with E-state index < -0.39 is 9.84 Å². The molecule has 0 aromatic heterocycles. The van der Waals surface area contributed by atoms with E-state index in [1.165, 1.54) is 6.26 Å². The Bertz CT molecular complexity index is 837. The van der Waals surface area contributed by atoms with Gasteiger partial charge >= 0.3 is 6.03 Å². The summed E-state index contributed by atoms with van der Waals surface area (Å²) in [7, 11) is -1.04. The quantitative estimate of drug-likeness (QED) is 0.727. The summed E-state index contributed by atoms with van der Waals surface area (Å²) in [6.45, 7) is 2.95. The van der Waals surface area contributed by atoms with Gasteiger partial charge in [-0.15, -0.1) is 0 Å². The molecule has 0 saturated carbocycles. The summed E-state index contributed by atoms with van der Waals surface area (Å²) in [4.78, 5) is 14.1. The first-order valence-electron chi connectivity index (χ1n) is 8.80. The number of rotatable bonds is 8.